The molecule has 0 aliphatic carbocycles. The van der Waals surface area contributed by atoms with Gasteiger partial charge in [0, 0.05) is 29.2 Å². The van der Waals surface area contributed by atoms with Gasteiger partial charge >= 0.3 is 0 Å². The summed E-state index contributed by atoms with van der Waals surface area (Å²) in [7, 11) is 0. The zero-order valence-electron chi connectivity index (χ0n) is 12.3. The maximum atomic E-state index is 6.31. The average Bonchev–Trinajstić information content (AvgIpc) is 2.85. The fourth-order valence-corrected chi connectivity index (χ4v) is 2.87. The van der Waals surface area contributed by atoms with Gasteiger partial charge in [-0.1, -0.05) is 28.9 Å². The van der Waals surface area contributed by atoms with Crippen LogP contribution in [0.3, 0.4) is 0 Å². The number of nitrogens with two attached hydrogens (primary N) is 1. The van der Waals surface area contributed by atoms with Gasteiger partial charge in [0.05, 0.1) is 5.69 Å². The van der Waals surface area contributed by atoms with Crippen molar-refractivity contribution in [3.63, 3.8) is 0 Å². The number of aromatic nitrogens is 2. The van der Waals surface area contributed by atoms with Crippen molar-refractivity contribution >= 4 is 15.9 Å². The molecule has 2 rings (SSSR count). The highest BCUT2D eigenvalue weighted by Crippen LogP contribution is 2.22. The standard InChI is InChI=1S/C16H22BrN3/c1-4-12(3)20-6-5-15(19-20)10-16(18)13-7-11(2)8-14(17)9-13/h5-9,12,16H,4,10,18H2,1-3H3. The van der Waals surface area contributed by atoms with Gasteiger partial charge in [-0.25, -0.2) is 0 Å². The molecule has 1 aromatic carbocycles. The maximum absolute atomic E-state index is 6.31. The molecule has 0 fully saturated rings. The molecule has 0 saturated carbocycles. The summed E-state index contributed by atoms with van der Waals surface area (Å²) in [6.45, 7) is 6.43. The first-order valence-corrected chi connectivity index (χ1v) is 7.85. The second kappa shape index (κ2) is 6.55. The first-order valence-electron chi connectivity index (χ1n) is 7.06. The number of hydrogen-bond donors (Lipinski definition) is 1. The number of rotatable bonds is 5. The molecule has 2 unspecified atom stereocenters. The number of benzene rings is 1. The average molecular weight is 336 g/mol. The largest absolute Gasteiger partial charge is 0.324 e. The summed E-state index contributed by atoms with van der Waals surface area (Å²) < 4.78 is 3.10. The number of nitrogens with zero attached hydrogens (tertiary/aromatic N) is 2. The minimum absolute atomic E-state index is 0.0218. The van der Waals surface area contributed by atoms with E-state index in [1.54, 1.807) is 0 Å². The Morgan fingerprint density at radius 1 is 1.35 bits per heavy atom. The lowest BCUT2D eigenvalue weighted by Gasteiger charge is -2.12. The molecule has 20 heavy (non-hydrogen) atoms. The summed E-state index contributed by atoms with van der Waals surface area (Å²) in [5.41, 5.74) is 9.73. The van der Waals surface area contributed by atoms with Crippen molar-refractivity contribution in [1.82, 2.24) is 9.78 Å². The normalized spacial score (nSPS) is 14.2. The van der Waals surface area contributed by atoms with Gasteiger partial charge in [0.1, 0.15) is 0 Å². The summed E-state index contributed by atoms with van der Waals surface area (Å²) in [6.07, 6.45) is 3.89. The molecule has 1 aromatic heterocycles. The second-order valence-electron chi connectivity index (χ2n) is 5.42. The Kier molecular flexibility index (Phi) is 5.00. The van der Waals surface area contributed by atoms with Gasteiger partial charge < -0.3 is 5.73 Å². The summed E-state index contributed by atoms with van der Waals surface area (Å²) in [5.74, 6) is 0. The van der Waals surface area contributed by atoms with E-state index in [0.29, 0.717) is 6.04 Å². The third-order valence-corrected chi connectivity index (χ3v) is 4.09. The molecule has 3 nitrogen and oxygen atoms in total. The van der Waals surface area contributed by atoms with E-state index in [0.717, 1.165) is 28.6 Å². The molecule has 2 atom stereocenters. The summed E-state index contributed by atoms with van der Waals surface area (Å²) in [6, 6.07) is 8.80. The molecular weight excluding hydrogens is 314 g/mol. The molecule has 108 valence electrons. The highest BCUT2D eigenvalue weighted by molar-refractivity contribution is 9.10. The monoisotopic (exact) mass is 335 g/mol. The van der Waals surface area contributed by atoms with Gasteiger partial charge in [-0.15, -0.1) is 0 Å². The second-order valence-corrected chi connectivity index (χ2v) is 6.33. The van der Waals surface area contributed by atoms with Crippen LogP contribution in [0.4, 0.5) is 0 Å². The predicted octanol–water partition coefficient (Wildman–Crippen LogP) is 4.17. The van der Waals surface area contributed by atoms with Crippen LogP contribution in [-0.4, -0.2) is 9.78 Å². The predicted molar refractivity (Wildman–Crippen MR) is 86.7 cm³/mol. The Labute approximate surface area is 129 Å². The van der Waals surface area contributed by atoms with Crippen LogP contribution >= 0.6 is 15.9 Å². The molecule has 2 aromatic rings. The minimum Gasteiger partial charge on any atom is -0.324 e. The lowest BCUT2D eigenvalue weighted by Crippen LogP contribution is -2.14. The Morgan fingerprint density at radius 2 is 2.10 bits per heavy atom. The van der Waals surface area contributed by atoms with Crippen LogP contribution in [0.5, 0.6) is 0 Å². The first-order chi connectivity index (χ1) is 9.49. The highest BCUT2D eigenvalue weighted by atomic mass is 79.9. The van der Waals surface area contributed by atoms with E-state index >= 15 is 0 Å². The Balaban J connectivity index is 2.11. The molecule has 0 amide bonds. The van der Waals surface area contributed by atoms with Crippen LogP contribution in [0, 0.1) is 6.92 Å². The molecule has 0 aliphatic rings. The van der Waals surface area contributed by atoms with Gasteiger partial charge in [0.25, 0.3) is 0 Å². The summed E-state index contributed by atoms with van der Waals surface area (Å²) in [4.78, 5) is 0. The number of aryl methyl sites for hydroxylation is 1. The fourth-order valence-electron chi connectivity index (χ4n) is 2.24. The third-order valence-electron chi connectivity index (χ3n) is 3.63. The van der Waals surface area contributed by atoms with Crippen molar-refractivity contribution in [2.75, 3.05) is 0 Å². The van der Waals surface area contributed by atoms with Crippen LogP contribution in [0.25, 0.3) is 0 Å². The van der Waals surface area contributed by atoms with Gasteiger partial charge in [-0.3, -0.25) is 4.68 Å². The van der Waals surface area contributed by atoms with Gasteiger partial charge in [-0.2, -0.15) is 5.10 Å². The fraction of sp³-hybridized carbons (Fsp3) is 0.438. The Hall–Kier alpha value is -1.13. The SMILES string of the molecule is CCC(C)n1ccc(CC(N)c2cc(C)cc(Br)c2)n1. The molecule has 0 bridgehead atoms. The number of halogens is 1. The van der Waals surface area contributed by atoms with E-state index < -0.39 is 0 Å². The van der Waals surface area contributed by atoms with Crippen LogP contribution in [0.15, 0.2) is 34.9 Å². The van der Waals surface area contributed by atoms with Crippen LogP contribution in [0.1, 0.15) is 49.2 Å². The minimum atomic E-state index is -0.0218. The summed E-state index contributed by atoms with van der Waals surface area (Å²) in [5, 5.41) is 4.62. The smallest absolute Gasteiger partial charge is 0.0643 e. The quantitative estimate of drug-likeness (QED) is 0.891. The van der Waals surface area contributed by atoms with Crippen molar-refractivity contribution in [3.05, 3.63) is 51.8 Å². The Bertz CT molecular complexity index is 557. The van der Waals surface area contributed by atoms with Crippen molar-refractivity contribution in [3.8, 4) is 0 Å². The molecule has 0 spiro atoms. The maximum Gasteiger partial charge on any atom is 0.0643 e. The zero-order chi connectivity index (χ0) is 14.7. The van der Waals surface area contributed by atoms with Crippen molar-refractivity contribution in [1.29, 1.82) is 0 Å². The molecule has 0 radical (unpaired) electrons. The lowest BCUT2D eigenvalue weighted by molar-refractivity contribution is 0.472. The Morgan fingerprint density at radius 3 is 2.75 bits per heavy atom. The molecular formula is C16H22BrN3. The van der Waals surface area contributed by atoms with Crippen LogP contribution in [-0.2, 0) is 6.42 Å². The lowest BCUT2D eigenvalue weighted by atomic mass is 10.0. The van der Waals surface area contributed by atoms with Crippen molar-refractivity contribution in [2.45, 2.75) is 45.7 Å². The van der Waals surface area contributed by atoms with E-state index in [4.69, 9.17) is 5.73 Å². The topological polar surface area (TPSA) is 43.8 Å². The van der Waals surface area contributed by atoms with E-state index in [1.807, 2.05) is 10.9 Å². The molecule has 2 N–H and O–H groups in total. The molecule has 4 heteroatoms. The van der Waals surface area contributed by atoms with Gasteiger partial charge in [-0.05, 0) is 49.6 Å². The molecule has 1 heterocycles. The van der Waals surface area contributed by atoms with Crippen LogP contribution < -0.4 is 5.73 Å². The molecule has 0 saturated heterocycles. The zero-order valence-corrected chi connectivity index (χ0v) is 13.9. The van der Waals surface area contributed by atoms with Crippen LogP contribution in [0.2, 0.25) is 0 Å². The summed E-state index contributed by atoms with van der Waals surface area (Å²) >= 11 is 3.52. The third kappa shape index (κ3) is 3.70. The van der Waals surface area contributed by atoms with Gasteiger partial charge in [0.15, 0.2) is 0 Å². The van der Waals surface area contributed by atoms with E-state index in [1.165, 1.54) is 5.56 Å². The van der Waals surface area contributed by atoms with E-state index in [9.17, 15) is 0 Å². The van der Waals surface area contributed by atoms with E-state index in [-0.39, 0.29) is 6.04 Å². The van der Waals surface area contributed by atoms with Crippen molar-refractivity contribution < 1.29 is 0 Å². The first kappa shape index (κ1) is 15.3. The van der Waals surface area contributed by atoms with E-state index in [2.05, 4.69) is 66.1 Å². The highest BCUT2D eigenvalue weighted by Gasteiger charge is 2.11. The number of hydrogen-bond acceptors (Lipinski definition) is 2. The molecule has 0 aliphatic heterocycles. The van der Waals surface area contributed by atoms with Crippen molar-refractivity contribution in [2.24, 2.45) is 5.73 Å². The van der Waals surface area contributed by atoms with Gasteiger partial charge in [0.2, 0.25) is 0 Å².